The van der Waals surface area contributed by atoms with E-state index in [-0.39, 0.29) is 5.56 Å². The molecule has 0 aliphatic carbocycles. The summed E-state index contributed by atoms with van der Waals surface area (Å²) in [6.07, 6.45) is -1.19. The van der Waals surface area contributed by atoms with Crippen LogP contribution >= 0.6 is 0 Å². The number of carbonyl (C=O) groups is 3. The van der Waals surface area contributed by atoms with E-state index in [1.165, 1.54) is 6.92 Å². The molecule has 0 spiro atoms. The molecule has 0 aliphatic rings. The number of hydrogen-bond donors (Lipinski definition) is 3. The number of para-hydroxylation sites is 1. The molecule has 28 heavy (non-hydrogen) atoms. The second-order valence-electron chi connectivity index (χ2n) is 5.95. The molecule has 0 saturated heterocycles. The second-order valence-corrected chi connectivity index (χ2v) is 5.95. The number of H-pyrrole nitrogens is 1. The number of ether oxygens (including phenoxy) is 1. The summed E-state index contributed by atoms with van der Waals surface area (Å²) in [6.45, 7) is 1.36. The molecule has 0 saturated carbocycles. The van der Waals surface area contributed by atoms with Gasteiger partial charge in [0, 0.05) is 22.5 Å². The molecular weight excluding hydrogens is 362 g/mol. The third-order valence-electron chi connectivity index (χ3n) is 3.96. The van der Waals surface area contributed by atoms with Crippen molar-refractivity contribution in [2.75, 3.05) is 0 Å². The highest BCUT2D eigenvalue weighted by Crippen LogP contribution is 2.16. The molecule has 1 aromatic heterocycles. The van der Waals surface area contributed by atoms with E-state index in [1.807, 2.05) is 0 Å². The van der Waals surface area contributed by atoms with Gasteiger partial charge < -0.3 is 9.72 Å². The smallest absolute Gasteiger partial charge is 0.339 e. The zero-order valence-electron chi connectivity index (χ0n) is 14.9. The Hall–Kier alpha value is -3.94. The van der Waals surface area contributed by atoms with Crippen molar-refractivity contribution >= 4 is 28.7 Å². The Kier molecular flexibility index (Phi) is 5.50. The summed E-state index contributed by atoms with van der Waals surface area (Å²) in [5, 5.41) is 0.497. The van der Waals surface area contributed by atoms with Crippen LogP contribution in [0.15, 0.2) is 65.5 Å². The number of nitrogens with one attached hydrogen (secondary N) is 3. The Labute approximate surface area is 159 Å². The largest absolute Gasteiger partial charge is 0.449 e. The SMILES string of the molecule is C[C@H](OC(=O)c1cc(=O)[nH]c2ccccc12)C(=O)NNC(=O)c1ccccc1. The predicted octanol–water partition coefficient (Wildman–Crippen LogP) is 1.53. The number of aromatic amines is 1. The van der Waals surface area contributed by atoms with Crippen molar-refractivity contribution < 1.29 is 19.1 Å². The lowest BCUT2D eigenvalue weighted by molar-refractivity contribution is -0.129. The van der Waals surface area contributed by atoms with E-state index < -0.39 is 29.4 Å². The van der Waals surface area contributed by atoms with Crippen molar-refractivity contribution in [3.63, 3.8) is 0 Å². The fourth-order valence-corrected chi connectivity index (χ4v) is 2.53. The van der Waals surface area contributed by atoms with Crippen molar-refractivity contribution in [3.8, 4) is 0 Å². The molecule has 0 unspecified atom stereocenters. The van der Waals surface area contributed by atoms with Crippen molar-refractivity contribution in [1.82, 2.24) is 15.8 Å². The third kappa shape index (κ3) is 4.24. The molecular formula is C20H17N3O5. The zero-order valence-corrected chi connectivity index (χ0v) is 14.9. The molecule has 0 aliphatic heterocycles. The summed E-state index contributed by atoms with van der Waals surface area (Å²) in [5.74, 6) is -2.04. The van der Waals surface area contributed by atoms with Crippen molar-refractivity contribution in [1.29, 1.82) is 0 Å². The molecule has 3 rings (SSSR count). The van der Waals surface area contributed by atoms with E-state index in [4.69, 9.17) is 4.74 Å². The summed E-state index contributed by atoms with van der Waals surface area (Å²) < 4.78 is 5.14. The van der Waals surface area contributed by atoms with Crippen molar-refractivity contribution in [2.24, 2.45) is 0 Å². The first kappa shape index (κ1) is 18.8. The van der Waals surface area contributed by atoms with Crippen molar-refractivity contribution in [2.45, 2.75) is 13.0 Å². The number of amides is 2. The fourth-order valence-electron chi connectivity index (χ4n) is 2.53. The minimum Gasteiger partial charge on any atom is -0.449 e. The summed E-state index contributed by atoms with van der Waals surface area (Å²) >= 11 is 0. The average molecular weight is 379 g/mol. The number of benzene rings is 2. The molecule has 1 atom stereocenters. The zero-order chi connectivity index (χ0) is 20.1. The number of hydrogen-bond acceptors (Lipinski definition) is 5. The van der Waals surface area contributed by atoms with Gasteiger partial charge >= 0.3 is 5.97 Å². The normalized spacial score (nSPS) is 11.5. The molecule has 2 aromatic carbocycles. The Morgan fingerprint density at radius 3 is 2.39 bits per heavy atom. The van der Waals surface area contributed by atoms with Crippen LogP contribution in [0.5, 0.6) is 0 Å². The van der Waals surface area contributed by atoms with E-state index in [1.54, 1.807) is 54.6 Å². The highest BCUT2D eigenvalue weighted by molar-refractivity contribution is 6.04. The minimum atomic E-state index is -1.19. The Bertz CT molecular complexity index is 1090. The van der Waals surface area contributed by atoms with Gasteiger partial charge in [0.25, 0.3) is 11.8 Å². The van der Waals surface area contributed by atoms with E-state index in [2.05, 4.69) is 15.8 Å². The van der Waals surface area contributed by atoms with Gasteiger partial charge in [-0.3, -0.25) is 25.2 Å². The molecule has 3 N–H and O–H groups in total. The van der Waals surface area contributed by atoms with Crippen LogP contribution in [0.25, 0.3) is 10.9 Å². The quantitative estimate of drug-likeness (QED) is 0.469. The van der Waals surface area contributed by atoms with Crippen LogP contribution in [0.4, 0.5) is 0 Å². The number of pyridine rings is 1. The summed E-state index contributed by atoms with van der Waals surface area (Å²) in [6, 6.07) is 16.2. The molecule has 1 heterocycles. The first-order chi connectivity index (χ1) is 13.5. The van der Waals surface area contributed by atoms with Gasteiger partial charge in [0.05, 0.1) is 5.56 Å². The highest BCUT2D eigenvalue weighted by Gasteiger charge is 2.21. The van der Waals surface area contributed by atoms with Gasteiger partial charge in [0.1, 0.15) is 0 Å². The van der Waals surface area contributed by atoms with Crippen LogP contribution in [0.1, 0.15) is 27.6 Å². The number of fused-ring (bicyclic) bond motifs is 1. The number of esters is 1. The molecule has 2 amide bonds. The van der Waals surface area contributed by atoms with Crippen LogP contribution in [-0.2, 0) is 9.53 Å². The molecule has 0 radical (unpaired) electrons. The van der Waals surface area contributed by atoms with Gasteiger partial charge in [-0.1, -0.05) is 36.4 Å². The van der Waals surface area contributed by atoms with E-state index in [0.717, 1.165) is 6.07 Å². The number of rotatable bonds is 4. The van der Waals surface area contributed by atoms with Gasteiger partial charge in [0.15, 0.2) is 6.10 Å². The molecule has 3 aromatic rings. The van der Waals surface area contributed by atoms with Crippen LogP contribution in [-0.4, -0.2) is 28.9 Å². The maximum atomic E-state index is 12.4. The van der Waals surface area contributed by atoms with Crippen molar-refractivity contribution in [3.05, 3.63) is 82.1 Å². The molecule has 8 nitrogen and oxygen atoms in total. The predicted molar refractivity (Wildman–Crippen MR) is 101 cm³/mol. The summed E-state index contributed by atoms with van der Waals surface area (Å²) in [7, 11) is 0. The van der Waals surface area contributed by atoms with Gasteiger partial charge in [-0.05, 0) is 25.1 Å². The van der Waals surface area contributed by atoms with Crippen LogP contribution in [0, 0.1) is 0 Å². The van der Waals surface area contributed by atoms with E-state index in [9.17, 15) is 19.2 Å². The Balaban J connectivity index is 1.65. The van der Waals surface area contributed by atoms with E-state index >= 15 is 0 Å². The summed E-state index contributed by atoms with van der Waals surface area (Å²) in [4.78, 5) is 50.8. The van der Waals surface area contributed by atoms with Crippen LogP contribution < -0.4 is 16.4 Å². The Morgan fingerprint density at radius 2 is 1.64 bits per heavy atom. The number of aromatic nitrogens is 1. The highest BCUT2D eigenvalue weighted by atomic mass is 16.5. The van der Waals surface area contributed by atoms with Gasteiger partial charge in [0.2, 0.25) is 5.56 Å². The lowest BCUT2D eigenvalue weighted by Gasteiger charge is -2.14. The number of hydrazine groups is 1. The molecule has 0 bridgehead atoms. The minimum absolute atomic E-state index is 0.0484. The molecule has 0 fully saturated rings. The lowest BCUT2D eigenvalue weighted by Crippen LogP contribution is -2.46. The Morgan fingerprint density at radius 1 is 0.964 bits per heavy atom. The summed E-state index contributed by atoms with van der Waals surface area (Å²) in [5.41, 5.74) is 4.88. The number of carbonyl (C=O) groups excluding carboxylic acids is 3. The van der Waals surface area contributed by atoms with E-state index in [0.29, 0.717) is 16.5 Å². The maximum absolute atomic E-state index is 12.4. The topological polar surface area (TPSA) is 117 Å². The fraction of sp³-hybridized carbons (Fsp3) is 0.100. The first-order valence-corrected chi connectivity index (χ1v) is 8.44. The van der Waals surface area contributed by atoms with Crippen LogP contribution in [0.3, 0.4) is 0 Å². The van der Waals surface area contributed by atoms with Gasteiger partial charge in [-0.15, -0.1) is 0 Å². The maximum Gasteiger partial charge on any atom is 0.339 e. The molecule has 8 heteroatoms. The van der Waals surface area contributed by atoms with Gasteiger partial charge in [-0.2, -0.15) is 0 Å². The third-order valence-corrected chi connectivity index (χ3v) is 3.96. The van der Waals surface area contributed by atoms with Crippen LogP contribution in [0.2, 0.25) is 0 Å². The molecule has 142 valence electrons. The standard InChI is InChI=1S/C20H17N3O5/c1-12(18(25)22-23-19(26)13-7-3-2-4-8-13)28-20(27)15-11-17(24)21-16-10-6-5-9-14(15)16/h2-12H,1H3,(H,21,24)(H,22,25)(H,23,26)/t12-/m0/s1. The van der Waals surface area contributed by atoms with Gasteiger partial charge in [-0.25, -0.2) is 4.79 Å². The average Bonchev–Trinajstić information content (AvgIpc) is 2.71. The first-order valence-electron chi connectivity index (χ1n) is 8.44. The monoisotopic (exact) mass is 379 g/mol. The lowest BCUT2D eigenvalue weighted by atomic mass is 10.1. The second kappa shape index (κ2) is 8.17.